The van der Waals surface area contributed by atoms with E-state index in [1.165, 1.54) is 16.8 Å². The molecule has 1 aromatic heterocycles. The van der Waals surface area contributed by atoms with Crippen LogP contribution in [0.1, 0.15) is 23.3 Å². The van der Waals surface area contributed by atoms with Crippen LogP contribution in [0.3, 0.4) is 0 Å². The molecule has 7 nitrogen and oxygen atoms in total. The Morgan fingerprint density at radius 1 is 1.55 bits per heavy atom. The smallest absolute Gasteiger partial charge is 0.270 e. The summed E-state index contributed by atoms with van der Waals surface area (Å²) in [4.78, 5) is 14.0. The summed E-state index contributed by atoms with van der Waals surface area (Å²) >= 11 is 0. The number of aryl methyl sites for hydroxylation is 1. The summed E-state index contributed by atoms with van der Waals surface area (Å²) < 4.78 is 24.1. The van der Waals surface area contributed by atoms with E-state index in [0.717, 1.165) is 12.8 Å². The third kappa shape index (κ3) is 3.02. The third-order valence-corrected chi connectivity index (χ3v) is 4.47. The predicted molar refractivity (Wildman–Crippen MR) is 72.5 cm³/mol. The molecule has 1 aliphatic rings. The highest BCUT2D eigenvalue weighted by molar-refractivity contribution is 7.89. The first kappa shape index (κ1) is 15.0. The summed E-state index contributed by atoms with van der Waals surface area (Å²) in [7, 11) is -2.21. The van der Waals surface area contributed by atoms with Gasteiger partial charge in [0.1, 0.15) is 10.6 Å². The molecule has 0 bridgehead atoms. The summed E-state index contributed by atoms with van der Waals surface area (Å²) in [6.45, 7) is 1.16. The van der Waals surface area contributed by atoms with E-state index in [1.54, 1.807) is 11.9 Å². The van der Waals surface area contributed by atoms with Crippen LogP contribution in [0.25, 0.3) is 0 Å². The van der Waals surface area contributed by atoms with Crippen molar-refractivity contribution in [1.82, 2.24) is 9.47 Å². The fourth-order valence-electron chi connectivity index (χ4n) is 2.46. The van der Waals surface area contributed by atoms with E-state index in [1.807, 2.05) is 0 Å². The number of primary sulfonamides is 1. The minimum absolute atomic E-state index is 0.0549. The number of amides is 1. The first-order valence-corrected chi connectivity index (χ1v) is 7.97. The average molecular weight is 301 g/mol. The molecule has 2 rings (SSSR count). The van der Waals surface area contributed by atoms with Crippen molar-refractivity contribution in [2.75, 3.05) is 19.7 Å². The molecule has 0 spiro atoms. The Hall–Kier alpha value is -1.38. The predicted octanol–water partition coefficient (Wildman–Crippen LogP) is -0.483. The first-order chi connectivity index (χ1) is 9.32. The molecule has 0 aliphatic carbocycles. The first-order valence-electron chi connectivity index (χ1n) is 6.42. The zero-order valence-corrected chi connectivity index (χ0v) is 12.1. The number of rotatable bonds is 3. The van der Waals surface area contributed by atoms with Crippen molar-refractivity contribution in [3.05, 3.63) is 18.0 Å². The second-order valence-corrected chi connectivity index (χ2v) is 6.72. The topological polar surface area (TPSA) is 106 Å². The van der Waals surface area contributed by atoms with Gasteiger partial charge in [0.25, 0.3) is 5.91 Å². The fraction of sp³-hybridized carbons (Fsp3) is 0.583. The van der Waals surface area contributed by atoms with E-state index in [-0.39, 0.29) is 29.0 Å². The van der Waals surface area contributed by atoms with E-state index in [0.29, 0.717) is 13.1 Å². The number of nitrogens with two attached hydrogens (primary N) is 1. The third-order valence-electron chi connectivity index (χ3n) is 3.59. The number of hydrogen-bond acceptors (Lipinski definition) is 4. The van der Waals surface area contributed by atoms with Crippen LogP contribution in [0, 0.1) is 5.92 Å². The van der Waals surface area contributed by atoms with Gasteiger partial charge in [0.05, 0.1) is 0 Å². The van der Waals surface area contributed by atoms with Crippen molar-refractivity contribution < 1.29 is 18.3 Å². The minimum atomic E-state index is -3.82. The van der Waals surface area contributed by atoms with Gasteiger partial charge in [-0.05, 0) is 24.8 Å². The summed E-state index contributed by atoms with van der Waals surface area (Å²) in [5.41, 5.74) is 0.285. The number of carbonyl (C=O) groups is 1. The van der Waals surface area contributed by atoms with Crippen LogP contribution in [-0.2, 0) is 17.1 Å². The Morgan fingerprint density at radius 2 is 2.25 bits per heavy atom. The van der Waals surface area contributed by atoms with E-state index in [4.69, 9.17) is 5.14 Å². The highest BCUT2D eigenvalue weighted by Gasteiger charge is 2.26. The molecular formula is C12H19N3O4S. The summed E-state index contributed by atoms with van der Waals surface area (Å²) in [6, 6.07) is 1.29. The Labute approximate surface area is 118 Å². The molecule has 20 heavy (non-hydrogen) atoms. The van der Waals surface area contributed by atoms with Gasteiger partial charge in [0, 0.05) is 32.9 Å². The van der Waals surface area contributed by atoms with Gasteiger partial charge >= 0.3 is 0 Å². The number of likely N-dealkylation sites (tertiary alicyclic amines) is 1. The number of carbonyl (C=O) groups excluding carboxylic acids is 1. The fourth-order valence-corrected chi connectivity index (χ4v) is 3.04. The van der Waals surface area contributed by atoms with Crippen LogP contribution in [-0.4, -0.2) is 48.6 Å². The van der Waals surface area contributed by atoms with Crippen LogP contribution in [0.4, 0.5) is 0 Å². The maximum absolute atomic E-state index is 12.4. The number of nitrogens with zero attached hydrogens (tertiary/aromatic N) is 2. The molecule has 1 unspecified atom stereocenters. The number of hydrogen-bond donors (Lipinski definition) is 2. The normalized spacial score (nSPS) is 20.1. The van der Waals surface area contributed by atoms with Gasteiger partial charge in [-0.15, -0.1) is 0 Å². The van der Waals surface area contributed by atoms with E-state index in [9.17, 15) is 18.3 Å². The average Bonchev–Trinajstić information content (AvgIpc) is 2.80. The van der Waals surface area contributed by atoms with Crippen molar-refractivity contribution in [3.63, 3.8) is 0 Å². The molecule has 3 N–H and O–H groups in total. The lowest BCUT2D eigenvalue weighted by atomic mass is 9.99. The van der Waals surface area contributed by atoms with Gasteiger partial charge in [-0.2, -0.15) is 0 Å². The second kappa shape index (κ2) is 5.55. The molecule has 1 aromatic rings. The number of aromatic nitrogens is 1. The Kier molecular flexibility index (Phi) is 4.17. The SMILES string of the molecule is Cn1cc(S(N)(=O)=O)cc1C(=O)N1CCCC(CO)C1. The van der Waals surface area contributed by atoms with Crippen LogP contribution in [0.15, 0.2) is 17.2 Å². The van der Waals surface area contributed by atoms with Gasteiger partial charge in [-0.1, -0.05) is 0 Å². The highest BCUT2D eigenvalue weighted by Crippen LogP contribution is 2.20. The Bertz CT molecular complexity index is 608. The van der Waals surface area contributed by atoms with Crippen molar-refractivity contribution >= 4 is 15.9 Å². The number of sulfonamides is 1. The Balaban J connectivity index is 2.23. The van der Waals surface area contributed by atoms with Crippen molar-refractivity contribution in [1.29, 1.82) is 0 Å². The maximum Gasteiger partial charge on any atom is 0.270 e. The molecule has 1 atom stereocenters. The maximum atomic E-state index is 12.4. The monoisotopic (exact) mass is 301 g/mol. The van der Waals surface area contributed by atoms with E-state index in [2.05, 4.69) is 0 Å². The summed E-state index contributed by atoms with van der Waals surface area (Å²) in [6.07, 6.45) is 3.06. The molecule has 8 heteroatoms. The van der Waals surface area contributed by atoms with E-state index < -0.39 is 10.0 Å². The molecule has 2 heterocycles. The van der Waals surface area contributed by atoms with Gasteiger partial charge < -0.3 is 14.6 Å². The Morgan fingerprint density at radius 3 is 2.80 bits per heavy atom. The highest BCUT2D eigenvalue weighted by atomic mass is 32.2. The number of aliphatic hydroxyl groups excluding tert-OH is 1. The molecule has 0 aromatic carbocycles. The van der Waals surface area contributed by atoms with Crippen LogP contribution in [0.2, 0.25) is 0 Å². The molecule has 1 fully saturated rings. The van der Waals surface area contributed by atoms with Crippen LogP contribution >= 0.6 is 0 Å². The molecule has 1 amide bonds. The lowest BCUT2D eigenvalue weighted by Gasteiger charge is -2.31. The molecule has 0 saturated carbocycles. The van der Waals surface area contributed by atoms with Crippen LogP contribution in [0.5, 0.6) is 0 Å². The van der Waals surface area contributed by atoms with Crippen molar-refractivity contribution in [2.24, 2.45) is 18.1 Å². The molecule has 0 radical (unpaired) electrons. The van der Waals surface area contributed by atoms with Gasteiger partial charge in [-0.3, -0.25) is 4.79 Å². The lowest BCUT2D eigenvalue weighted by molar-refractivity contribution is 0.0611. The summed E-state index contributed by atoms with van der Waals surface area (Å²) in [5, 5.41) is 14.2. The van der Waals surface area contributed by atoms with E-state index >= 15 is 0 Å². The van der Waals surface area contributed by atoms with Gasteiger partial charge in [0.2, 0.25) is 10.0 Å². The second-order valence-electron chi connectivity index (χ2n) is 5.16. The molecule has 1 aliphatic heterocycles. The zero-order chi connectivity index (χ0) is 14.9. The minimum Gasteiger partial charge on any atom is -0.396 e. The van der Waals surface area contributed by atoms with Gasteiger partial charge in [-0.25, -0.2) is 13.6 Å². The molecule has 112 valence electrons. The van der Waals surface area contributed by atoms with Crippen molar-refractivity contribution in [2.45, 2.75) is 17.7 Å². The quantitative estimate of drug-likeness (QED) is 0.786. The largest absolute Gasteiger partial charge is 0.396 e. The van der Waals surface area contributed by atoms with Crippen LogP contribution < -0.4 is 5.14 Å². The molecular weight excluding hydrogens is 282 g/mol. The van der Waals surface area contributed by atoms with Gasteiger partial charge in [0.15, 0.2) is 0 Å². The standard InChI is InChI=1S/C12H19N3O4S/c1-14-7-10(20(13,18)19)5-11(14)12(17)15-4-2-3-9(6-15)8-16/h5,7,9,16H,2-4,6,8H2,1H3,(H2,13,18,19). The summed E-state index contributed by atoms with van der Waals surface area (Å²) in [5.74, 6) is -0.147. The lowest BCUT2D eigenvalue weighted by Crippen LogP contribution is -2.41. The number of aliphatic hydroxyl groups is 1. The number of piperidine rings is 1. The molecule has 1 saturated heterocycles. The van der Waals surface area contributed by atoms with Crippen molar-refractivity contribution in [3.8, 4) is 0 Å². The zero-order valence-electron chi connectivity index (χ0n) is 11.3.